The van der Waals surface area contributed by atoms with E-state index >= 15 is 0 Å². The average molecular weight is 430 g/mol. The van der Waals surface area contributed by atoms with Gasteiger partial charge in [0.05, 0.1) is 25.0 Å². The van der Waals surface area contributed by atoms with Gasteiger partial charge in [-0.3, -0.25) is 4.57 Å². The van der Waals surface area contributed by atoms with Crippen LogP contribution in [0.1, 0.15) is 31.2 Å². The molecule has 0 bridgehead atoms. The lowest BCUT2D eigenvalue weighted by Crippen LogP contribution is -2.17. The molecule has 0 amide bonds. The third kappa shape index (κ3) is 3.65. The van der Waals surface area contributed by atoms with Gasteiger partial charge in [0.25, 0.3) is 0 Å². The van der Waals surface area contributed by atoms with E-state index < -0.39 is 7.60 Å². The summed E-state index contributed by atoms with van der Waals surface area (Å²) in [5.41, 5.74) is -0.208. The van der Waals surface area contributed by atoms with Crippen molar-refractivity contribution >= 4 is 41.5 Å². The predicted octanol–water partition coefficient (Wildman–Crippen LogP) is 4.65. The normalized spacial score (nSPS) is 27.1. The highest BCUT2D eigenvalue weighted by molar-refractivity contribution is 14.1. The molecule has 0 N–H and O–H groups in total. The van der Waals surface area contributed by atoms with E-state index in [1.54, 1.807) is 11.3 Å². The molecule has 1 fully saturated rings. The molecule has 3 atom stereocenters. The Morgan fingerprint density at radius 2 is 2.15 bits per heavy atom. The third-order valence-corrected chi connectivity index (χ3v) is 7.66. The van der Waals surface area contributed by atoms with Gasteiger partial charge in [-0.1, -0.05) is 28.7 Å². The lowest BCUT2D eigenvalue weighted by Gasteiger charge is -2.26. The zero-order chi connectivity index (χ0) is 14.6. The molecule has 0 aromatic carbocycles. The third-order valence-electron chi connectivity index (χ3n) is 3.21. The summed E-state index contributed by atoms with van der Waals surface area (Å²) in [4.78, 5) is 1.10. The summed E-state index contributed by atoms with van der Waals surface area (Å²) < 4.78 is 31.1. The molecule has 3 unspecified atom stereocenters. The van der Waals surface area contributed by atoms with Crippen molar-refractivity contribution in [1.82, 2.24) is 0 Å². The maximum absolute atomic E-state index is 13.1. The van der Waals surface area contributed by atoms with Crippen molar-refractivity contribution in [2.24, 2.45) is 0 Å². The summed E-state index contributed by atoms with van der Waals surface area (Å²) in [6.07, 6.45) is 0.656. The van der Waals surface area contributed by atoms with Crippen molar-refractivity contribution in [1.29, 1.82) is 0 Å². The van der Waals surface area contributed by atoms with Crippen LogP contribution in [0.4, 0.5) is 0 Å². The Hall–Kier alpha value is 0.540. The van der Waals surface area contributed by atoms with Crippen LogP contribution in [0.15, 0.2) is 17.5 Å². The summed E-state index contributed by atoms with van der Waals surface area (Å²) in [6.45, 7) is 4.47. The van der Waals surface area contributed by atoms with Gasteiger partial charge in [0.1, 0.15) is 6.10 Å². The van der Waals surface area contributed by atoms with E-state index in [1.165, 1.54) is 0 Å². The van der Waals surface area contributed by atoms with Gasteiger partial charge in [-0.25, -0.2) is 0 Å². The Morgan fingerprint density at radius 1 is 1.45 bits per heavy atom. The molecule has 0 radical (unpaired) electrons. The van der Waals surface area contributed by atoms with E-state index in [0.717, 1.165) is 15.7 Å². The fraction of sp³-hybridized carbons (Fsp3) is 0.692. The van der Waals surface area contributed by atoms with Gasteiger partial charge in [-0.05, 0) is 31.7 Å². The molecule has 0 aliphatic carbocycles. The fourth-order valence-corrected chi connectivity index (χ4v) is 6.17. The second-order valence-electron chi connectivity index (χ2n) is 4.53. The van der Waals surface area contributed by atoms with Gasteiger partial charge in [0.2, 0.25) is 0 Å². The molecule has 4 nitrogen and oxygen atoms in total. The minimum absolute atomic E-state index is 0.113. The van der Waals surface area contributed by atoms with Gasteiger partial charge in [-0.2, -0.15) is 0 Å². The van der Waals surface area contributed by atoms with E-state index in [-0.39, 0.29) is 17.9 Å². The summed E-state index contributed by atoms with van der Waals surface area (Å²) in [6, 6.07) is 4.02. The summed E-state index contributed by atoms with van der Waals surface area (Å²) in [7, 11) is -3.14. The molecular formula is C13H20IO4PS. The smallest absolute Gasteiger partial charge is 0.336 e. The van der Waals surface area contributed by atoms with Crippen LogP contribution >= 0.6 is 41.5 Å². The van der Waals surface area contributed by atoms with Gasteiger partial charge >= 0.3 is 7.60 Å². The average Bonchev–Trinajstić information content (AvgIpc) is 3.08. The van der Waals surface area contributed by atoms with Crippen LogP contribution in [-0.4, -0.2) is 29.4 Å². The predicted molar refractivity (Wildman–Crippen MR) is 90.1 cm³/mol. The highest BCUT2D eigenvalue weighted by Crippen LogP contribution is 2.62. The van der Waals surface area contributed by atoms with Crippen LogP contribution in [-0.2, 0) is 18.3 Å². The summed E-state index contributed by atoms with van der Waals surface area (Å²) >= 11 is 3.93. The quantitative estimate of drug-likeness (QED) is 0.359. The first kappa shape index (κ1) is 16.9. The van der Waals surface area contributed by atoms with E-state index in [0.29, 0.717) is 13.2 Å². The highest BCUT2D eigenvalue weighted by atomic mass is 127. The fourth-order valence-electron chi connectivity index (χ4n) is 2.44. The second kappa shape index (κ2) is 7.70. The minimum atomic E-state index is -3.14. The Bertz CT molecular complexity index is 443. The Balaban J connectivity index is 2.27. The van der Waals surface area contributed by atoms with Crippen LogP contribution in [0.25, 0.3) is 0 Å². The molecule has 7 heteroatoms. The van der Waals surface area contributed by atoms with Crippen molar-refractivity contribution in [3.05, 3.63) is 22.4 Å². The largest absolute Gasteiger partial charge is 0.368 e. The molecule has 1 aliphatic heterocycles. The van der Waals surface area contributed by atoms with Crippen LogP contribution in [0.5, 0.6) is 0 Å². The van der Waals surface area contributed by atoms with E-state index in [2.05, 4.69) is 22.6 Å². The van der Waals surface area contributed by atoms with Crippen molar-refractivity contribution in [2.75, 3.05) is 17.6 Å². The van der Waals surface area contributed by atoms with E-state index in [9.17, 15) is 4.57 Å². The maximum Gasteiger partial charge on any atom is 0.336 e. The number of rotatable bonds is 7. The first-order valence-corrected chi connectivity index (χ1v) is 10.8. The lowest BCUT2D eigenvalue weighted by molar-refractivity contribution is 0.0595. The van der Waals surface area contributed by atoms with Gasteiger partial charge in [-0.15, -0.1) is 11.3 Å². The zero-order valence-corrected chi connectivity index (χ0v) is 15.5. The molecule has 20 heavy (non-hydrogen) atoms. The molecule has 0 saturated carbocycles. The molecule has 2 heterocycles. The van der Waals surface area contributed by atoms with Crippen molar-refractivity contribution in [2.45, 2.75) is 38.1 Å². The highest BCUT2D eigenvalue weighted by Gasteiger charge is 2.49. The number of thiophene rings is 1. The van der Waals surface area contributed by atoms with Crippen LogP contribution in [0.2, 0.25) is 0 Å². The van der Waals surface area contributed by atoms with Crippen LogP contribution in [0, 0.1) is 0 Å². The van der Waals surface area contributed by atoms with Gasteiger partial charge in [0, 0.05) is 9.30 Å². The van der Waals surface area contributed by atoms with Crippen molar-refractivity contribution in [3.8, 4) is 0 Å². The molecule has 1 aromatic heterocycles. The first-order chi connectivity index (χ1) is 9.64. The molecule has 2 rings (SSSR count). The number of ether oxygens (including phenoxy) is 1. The molecular weight excluding hydrogens is 410 g/mol. The molecule has 1 aromatic rings. The van der Waals surface area contributed by atoms with E-state index in [1.807, 2.05) is 31.4 Å². The lowest BCUT2D eigenvalue weighted by atomic mass is 10.2. The number of hydrogen-bond donors (Lipinski definition) is 0. The molecule has 1 aliphatic rings. The van der Waals surface area contributed by atoms with Gasteiger partial charge < -0.3 is 13.8 Å². The monoisotopic (exact) mass is 430 g/mol. The number of alkyl halides is 1. The van der Waals surface area contributed by atoms with E-state index in [4.69, 9.17) is 13.8 Å². The SMILES string of the molecule is CCOP(=O)(OCC)C1CC(CI)OC1c1cccs1. The van der Waals surface area contributed by atoms with Crippen LogP contribution in [0.3, 0.4) is 0 Å². The first-order valence-electron chi connectivity index (χ1n) is 6.78. The number of halogens is 1. The summed E-state index contributed by atoms with van der Waals surface area (Å²) in [5, 5.41) is 2.01. The standard InChI is InChI=1S/C13H20IO4PS/c1-3-16-19(15,17-4-2)11-8-10(9-14)18-13(11)12-6-5-7-20-12/h5-7,10-11,13H,3-4,8-9H2,1-2H3. The van der Waals surface area contributed by atoms with Crippen molar-refractivity contribution in [3.63, 3.8) is 0 Å². The minimum Gasteiger partial charge on any atom is -0.368 e. The maximum atomic E-state index is 13.1. The van der Waals surface area contributed by atoms with Crippen LogP contribution < -0.4 is 0 Å². The Morgan fingerprint density at radius 3 is 2.65 bits per heavy atom. The molecule has 0 spiro atoms. The number of hydrogen-bond acceptors (Lipinski definition) is 5. The second-order valence-corrected chi connectivity index (χ2v) is 8.65. The topological polar surface area (TPSA) is 44.8 Å². The molecule has 1 saturated heterocycles. The zero-order valence-electron chi connectivity index (χ0n) is 11.7. The van der Waals surface area contributed by atoms with Crippen molar-refractivity contribution < 1.29 is 18.3 Å². The Labute approximate surface area is 137 Å². The molecule has 114 valence electrons. The van der Waals surface area contributed by atoms with Gasteiger partial charge in [0.15, 0.2) is 0 Å². The summed E-state index contributed by atoms with van der Waals surface area (Å²) in [5.74, 6) is 0. The Kier molecular flexibility index (Phi) is 6.51.